The minimum Gasteiger partial charge on any atom is -0.386 e. The summed E-state index contributed by atoms with van der Waals surface area (Å²) in [5.74, 6) is 0.186. The quantitative estimate of drug-likeness (QED) is 0.892. The van der Waals surface area contributed by atoms with E-state index in [1.807, 2.05) is 7.05 Å². The number of nitrogens with zero attached hydrogens (tertiary/aromatic N) is 2. The summed E-state index contributed by atoms with van der Waals surface area (Å²) in [6, 6.07) is 0. The van der Waals surface area contributed by atoms with Gasteiger partial charge in [-0.1, -0.05) is 0 Å². The summed E-state index contributed by atoms with van der Waals surface area (Å²) < 4.78 is 7.95. The Bertz CT molecular complexity index is 315. The molecule has 4 nitrogen and oxygen atoms in total. The molecule has 1 saturated heterocycles. The molecule has 1 aromatic heterocycles. The van der Waals surface area contributed by atoms with Gasteiger partial charge in [-0.3, -0.25) is 4.68 Å². The number of aryl methyl sites for hydroxylation is 1. The van der Waals surface area contributed by atoms with Crippen LogP contribution >= 0.6 is 15.9 Å². The highest BCUT2D eigenvalue weighted by Crippen LogP contribution is 2.32. The van der Waals surface area contributed by atoms with Gasteiger partial charge in [0.15, 0.2) is 0 Å². The molecule has 2 rings (SSSR count). The highest BCUT2D eigenvalue weighted by atomic mass is 79.9. The lowest BCUT2D eigenvalue weighted by Crippen LogP contribution is -2.25. The van der Waals surface area contributed by atoms with Crippen molar-refractivity contribution in [3.63, 3.8) is 0 Å². The van der Waals surface area contributed by atoms with E-state index in [0.29, 0.717) is 6.61 Å². The number of aromatic nitrogens is 2. The molecule has 0 aliphatic carbocycles. The average molecular weight is 275 g/mol. The number of rotatable bonds is 2. The second-order valence-electron chi connectivity index (χ2n) is 3.92. The summed E-state index contributed by atoms with van der Waals surface area (Å²) in [5, 5.41) is 14.3. The van der Waals surface area contributed by atoms with Crippen molar-refractivity contribution < 1.29 is 9.84 Å². The summed E-state index contributed by atoms with van der Waals surface area (Å²) >= 11 is 3.40. The van der Waals surface area contributed by atoms with Gasteiger partial charge in [0, 0.05) is 19.6 Å². The van der Waals surface area contributed by atoms with Crippen LogP contribution in [0, 0.1) is 5.92 Å². The standard InChI is InChI=1S/C10H15BrN2O2/c1-13-9(8(11)5-12-13)10(14)7-3-2-4-15-6-7/h5,7,10,14H,2-4,6H2,1H3. The highest BCUT2D eigenvalue weighted by Gasteiger charge is 2.27. The monoisotopic (exact) mass is 274 g/mol. The van der Waals surface area contributed by atoms with Crippen LogP contribution in [0.2, 0.25) is 0 Å². The largest absolute Gasteiger partial charge is 0.386 e. The number of hydrogen-bond acceptors (Lipinski definition) is 3. The fraction of sp³-hybridized carbons (Fsp3) is 0.700. The first kappa shape index (κ1) is 11.1. The Morgan fingerprint density at radius 2 is 2.53 bits per heavy atom. The molecular formula is C10H15BrN2O2. The number of aliphatic hydroxyl groups is 1. The SMILES string of the molecule is Cn1ncc(Br)c1C(O)C1CCCOC1. The Kier molecular flexibility index (Phi) is 3.43. The van der Waals surface area contributed by atoms with Crippen molar-refractivity contribution in [1.29, 1.82) is 0 Å². The van der Waals surface area contributed by atoms with Crippen LogP contribution in [-0.4, -0.2) is 28.1 Å². The van der Waals surface area contributed by atoms with Crippen molar-refractivity contribution in [3.8, 4) is 0 Å². The zero-order chi connectivity index (χ0) is 10.8. The zero-order valence-electron chi connectivity index (χ0n) is 8.69. The van der Waals surface area contributed by atoms with Gasteiger partial charge in [-0.05, 0) is 28.8 Å². The van der Waals surface area contributed by atoms with Crippen LogP contribution in [-0.2, 0) is 11.8 Å². The number of aliphatic hydroxyl groups excluding tert-OH is 1. The van der Waals surface area contributed by atoms with E-state index in [4.69, 9.17) is 4.74 Å². The molecule has 0 bridgehead atoms. The van der Waals surface area contributed by atoms with Crippen LogP contribution in [0.1, 0.15) is 24.6 Å². The van der Waals surface area contributed by atoms with E-state index in [1.165, 1.54) is 0 Å². The van der Waals surface area contributed by atoms with Crippen molar-refractivity contribution in [2.24, 2.45) is 13.0 Å². The van der Waals surface area contributed by atoms with Crippen molar-refractivity contribution in [2.75, 3.05) is 13.2 Å². The molecule has 2 unspecified atom stereocenters. The van der Waals surface area contributed by atoms with Gasteiger partial charge in [-0.2, -0.15) is 5.10 Å². The lowest BCUT2D eigenvalue weighted by Gasteiger charge is -2.26. The molecule has 1 aromatic rings. The van der Waals surface area contributed by atoms with E-state index in [2.05, 4.69) is 21.0 Å². The van der Waals surface area contributed by atoms with Crippen LogP contribution in [0.5, 0.6) is 0 Å². The molecule has 2 heterocycles. The fourth-order valence-corrected chi connectivity index (χ4v) is 2.57. The molecule has 2 atom stereocenters. The van der Waals surface area contributed by atoms with Crippen molar-refractivity contribution >= 4 is 15.9 Å². The number of hydrogen-bond donors (Lipinski definition) is 1. The number of halogens is 1. The van der Waals surface area contributed by atoms with Gasteiger partial charge < -0.3 is 9.84 Å². The molecule has 0 spiro atoms. The summed E-state index contributed by atoms with van der Waals surface area (Å²) in [5.41, 5.74) is 0.838. The topological polar surface area (TPSA) is 47.3 Å². The van der Waals surface area contributed by atoms with Crippen LogP contribution in [0.4, 0.5) is 0 Å². The Balaban J connectivity index is 2.15. The maximum atomic E-state index is 10.2. The number of ether oxygens (including phenoxy) is 1. The molecule has 1 fully saturated rings. The van der Waals surface area contributed by atoms with Crippen molar-refractivity contribution in [3.05, 3.63) is 16.4 Å². The minimum absolute atomic E-state index is 0.186. The first-order valence-electron chi connectivity index (χ1n) is 5.13. The predicted molar refractivity (Wildman–Crippen MR) is 59.4 cm³/mol. The molecule has 0 amide bonds. The third-order valence-corrected chi connectivity index (χ3v) is 3.47. The highest BCUT2D eigenvalue weighted by molar-refractivity contribution is 9.10. The van der Waals surface area contributed by atoms with E-state index in [0.717, 1.165) is 29.6 Å². The predicted octanol–water partition coefficient (Wildman–Crippen LogP) is 1.64. The molecule has 1 N–H and O–H groups in total. The molecule has 15 heavy (non-hydrogen) atoms. The molecule has 5 heteroatoms. The molecule has 0 radical (unpaired) electrons. The van der Waals surface area contributed by atoms with Gasteiger partial charge in [0.1, 0.15) is 6.10 Å². The Hall–Kier alpha value is -0.390. The molecule has 84 valence electrons. The maximum absolute atomic E-state index is 10.2. The Morgan fingerprint density at radius 3 is 3.07 bits per heavy atom. The third-order valence-electron chi connectivity index (χ3n) is 2.86. The molecular weight excluding hydrogens is 260 g/mol. The van der Waals surface area contributed by atoms with E-state index >= 15 is 0 Å². The van der Waals surface area contributed by atoms with Gasteiger partial charge in [-0.15, -0.1) is 0 Å². The van der Waals surface area contributed by atoms with Gasteiger partial charge in [0.2, 0.25) is 0 Å². The second-order valence-corrected chi connectivity index (χ2v) is 4.78. The first-order chi connectivity index (χ1) is 7.20. The fourth-order valence-electron chi connectivity index (χ4n) is 1.99. The van der Waals surface area contributed by atoms with Crippen LogP contribution in [0.15, 0.2) is 10.7 Å². The molecule has 0 saturated carbocycles. The summed E-state index contributed by atoms with van der Waals surface area (Å²) in [6.45, 7) is 1.45. The lowest BCUT2D eigenvalue weighted by atomic mass is 9.94. The van der Waals surface area contributed by atoms with E-state index in [9.17, 15) is 5.11 Å². The minimum atomic E-state index is -0.493. The van der Waals surface area contributed by atoms with Gasteiger partial charge in [0.05, 0.1) is 23.0 Å². The maximum Gasteiger partial charge on any atom is 0.102 e. The van der Waals surface area contributed by atoms with Gasteiger partial charge in [-0.25, -0.2) is 0 Å². The van der Waals surface area contributed by atoms with Crippen LogP contribution in [0.3, 0.4) is 0 Å². The smallest absolute Gasteiger partial charge is 0.102 e. The molecule has 1 aliphatic rings. The third kappa shape index (κ3) is 2.24. The second kappa shape index (κ2) is 4.63. The zero-order valence-corrected chi connectivity index (χ0v) is 10.3. The first-order valence-corrected chi connectivity index (χ1v) is 5.92. The lowest BCUT2D eigenvalue weighted by molar-refractivity contribution is -0.0131. The van der Waals surface area contributed by atoms with E-state index < -0.39 is 6.10 Å². The summed E-state index contributed by atoms with van der Waals surface area (Å²) in [6.07, 6.45) is 3.25. The molecule has 1 aliphatic heterocycles. The van der Waals surface area contributed by atoms with E-state index in [1.54, 1.807) is 10.9 Å². The molecule has 0 aromatic carbocycles. The van der Waals surface area contributed by atoms with Crippen LogP contribution < -0.4 is 0 Å². The summed E-state index contributed by atoms with van der Waals surface area (Å²) in [4.78, 5) is 0. The summed E-state index contributed by atoms with van der Waals surface area (Å²) in [7, 11) is 1.84. The normalized spacial score (nSPS) is 24.1. The van der Waals surface area contributed by atoms with Gasteiger partial charge in [0.25, 0.3) is 0 Å². The van der Waals surface area contributed by atoms with Crippen LogP contribution in [0.25, 0.3) is 0 Å². The Morgan fingerprint density at radius 1 is 1.73 bits per heavy atom. The van der Waals surface area contributed by atoms with Crippen molar-refractivity contribution in [2.45, 2.75) is 18.9 Å². The van der Waals surface area contributed by atoms with Gasteiger partial charge >= 0.3 is 0 Å². The Labute approximate surface area is 97.4 Å². The van der Waals surface area contributed by atoms with E-state index in [-0.39, 0.29) is 5.92 Å². The van der Waals surface area contributed by atoms with Crippen molar-refractivity contribution in [1.82, 2.24) is 9.78 Å². The average Bonchev–Trinajstić information content (AvgIpc) is 2.59.